The Hall–Kier alpha value is -4.67. The summed E-state index contributed by atoms with van der Waals surface area (Å²) >= 11 is 0. The summed E-state index contributed by atoms with van der Waals surface area (Å²) in [4.78, 5) is 24.5. The molecule has 0 saturated carbocycles. The van der Waals surface area contributed by atoms with Crippen molar-refractivity contribution in [1.82, 2.24) is 15.0 Å². The quantitative estimate of drug-likeness (QED) is 0.328. The molecule has 2 amide bonds. The Labute approximate surface area is 198 Å². The number of benzene rings is 2. The van der Waals surface area contributed by atoms with E-state index in [1.54, 1.807) is 49.4 Å². The van der Waals surface area contributed by atoms with E-state index in [1.165, 1.54) is 18.5 Å². The van der Waals surface area contributed by atoms with Crippen molar-refractivity contribution >= 4 is 23.2 Å². The van der Waals surface area contributed by atoms with E-state index in [-0.39, 0.29) is 22.9 Å². The number of nitrogen functional groups attached to an aromatic ring is 1. The van der Waals surface area contributed by atoms with Crippen molar-refractivity contribution in [3.63, 3.8) is 0 Å². The van der Waals surface area contributed by atoms with E-state index in [2.05, 4.69) is 25.6 Å². The van der Waals surface area contributed by atoms with Gasteiger partial charge in [-0.15, -0.1) is 0 Å². The number of alkyl halides is 3. The first kappa shape index (κ1) is 23.5. The number of hydrogen-bond donors (Lipinski definition) is 3. The highest BCUT2D eigenvalue weighted by atomic mass is 19.4. The number of halogens is 3. The molecule has 0 fully saturated rings. The van der Waals surface area contributed by atoms with Crippen molar-refractivity contribution in [3.05, 3.63) is 84.3 Å². The molecule has 0 bridgehead atoms. The number of nitrogens with zero attached hydrogens (tertiary/aromatic N) is 3. The van der Waals surface area contributed by atoms with Crippen LogP contribution in [-0.4, -0.2) is 21.0 Å². The lowest BCUT2D eigenvalue weighted by Gasteiger charge is -2.14. The molecule has 0 atom stereocenters. The number of urea groups is 1. The minimum absolute atomic E-state index is 0.0306. The van der Waals surface area contributed by atoms with Crippen LogP contribution in [-0.2, 0) is 6.18 Å². The molecule has 0 aliphatic rings. The molecule has 4 aromatic rings. The first-order chi connectivity index (χ1) is 16.7. The Kier molecular flexibility index (Phi) is 6.49. The van der Waals surface area contributed by atoms with Gasteiger partial charge in [-0.05, 0) is 61.5 Å². The summed E-state index contributed by atoms with van der Waals surface area (Å²) in [5.41, 5.74) is 6.29. The van der Waals surface area contributed by atoms with Crippen LogP contribution in [0.1, 0.15) is 11.3 Å². The van der Waals surface area contributed by atoms with Crippen LogP contribution in [0.25, 0.3) is 11.3 Å². The summed E-state index contributed by atoms with van der Waals surface area (Å²) in [7, 11) is 0. The Bertz CT molecular complexity index is 1360. The normalized spacial score (nSPS) is 11.1. The summed E-state index contributed by atoms with van der Waals surface area (Å²) in [6.45, 7) is 1.74. The molecule has 8 nitrogen and oxygen atoms in total. The lowest BCUT2D eigenvalue weighted by atomic mass is 10.1. The van der Waals surface area contributed by atoms with Crippen LogP contribution in [0.2, 0.25) is 0 Å². The average molecular weight is 480 g/mol. The minimum Gasteiger partial charge on any atom is -0.439 e. The molecule has 0 spiro atoms. The summed E-state index contributed by atoms with van der Waals surface area (Å²) < 4.78 is 46.0. The number of amides is 2. The van der Waals surface area contributed by atoms with E-state index in [4.69, 9.17) is 10.5 Å². The maximum atomic E-state index is 13.5. The maximum Gasteiger partial charge on any atom is 0.416 e. The molecule has 4 rings (SSSR count). The highest BCUT2D eigenvalue weighted by Gasteiger charge is 2.31. The van der Waals surface area contributed by atoms with Gasteiger partial charge in [0.25, 0.3) is 0 Å². The monoisotopic (exact) mass is 480 g/mol. The Morgan fingerprint density at radius 2 is 1.69 bits per heavy atom. The topological polar surface area (TPSA) is 115 Å². The van der Waals surface area contributed by atoms with Gasteiger partial charge in [0.15, 0.2) is 0 Å². The molecule has 2 heterocycles. The van der Waals surface area contributed by atoms with Gasteiger partial charge < -0.3 is 21.1 Å². The predicted octanol–water partition coefficient (Wildman–Crippen LogP) is 5.88. The van der Waals surface area contributed by atoms with Gasteiger partial charge in [-0.3, -0.25) is 4.98 Å². The molecule has 0 aliphatic heterocycles. The number of carbonyl (C=O) groups excluding carboxylic acids is 1. The van der Waals surface area contributed by atoms with Gasteiger partial charge >= 0.3 is 12.2 Å². The highest BCUT2D eigenvalue weighted by molar-refractivity contribution is 6.00. The number of carbonyl (C=O) groups is 1. The van der Waals surface area contributed by atoms with Crippen molar-refractivity contribution in [2.24, 2.45) is 0 Å². The van der Waals surface area contributed by atoms with E-state index in [0.717, 1.165) is 12.1 Å². The Balaban J connectivity index is 1.48. The van der Waals surface area contributed by atoms with E-state index in [9.17, 15) is 18.0 Å². The smallest absolute Gasteiger partial charge is 0.416 e. The Morgan fingerprint density at radius 1 is 0.943 bits per heavy atom. The molecular formula is C24H19F3N6O2. The van der Waals surface area contributed by atoms with Crippen LogP contribution in [0.4, 0.5) is 35.2 Å². The lowest BCUT2D eigenvalue weighted by Crippen LogP contribution is -2.20. The number of nitrogens with one attached hydrogen (secondary N) is 2. The number of aryl methyl sites for hydroxylation is 1. The van der Waals surface area contributed by atoms with Gasteiger partial charge in [0.2, 0.25) is 5.88 Å². The summed E-state index contributed by atoms with van der Waals surface area (Å²) in [5.74, 6) is 0.933. The van der Waals surface area contributed by atoms with Gasteiger partial charge in [0.1, 0.15) is 17.9 Å². The predicted molar refractivity (Wildman–Crippen MR) is 125 cm³/mol. The molecule has 35 heavy (non-hydrogen) atoms. The zero-order valence-corrected chi connectivity index (χ0v) is 18.3. The van der Waals surface area contributed by atoms with Crippen LogP contribution in [0.15, 0.2) is 73.1 Å². The number of ether oxygens (including phenoxy) is 1. The van der Waals surface area contributed by atoms with E-state index < -0.39 is 17.8 Å². The summed E-state index contributed by atoms with van der Waals surface area (Å²) in [5, 5.41) is 5.02. The molecule has 2 aromatic heterocycles. The first-order valence-corrected chi connectivity index (χ1v) is 10.3. The van der Waals surface area contributed by atoms with Crippen molar-refractivity contribution < 1.29 is 22.7 Å². The Morgan fingerprint density at radius 3 is 2.37 bits per heavy atom. The largest absolute Gasteiger partial charge is 0.439 e. The van der Waals surface area contributed by atoms with Crippen LogP contribution < -0.4 is 21.1 Å². The molecule has 0 unspecified atom stereocenters. The molecule has 178 valence electrons. The molecule has 2 aromatic carbocycles. The SMILES string of the molecule is Cc1cccc(-c2cc(NC(=O)Nc3ccc(Oc4cc(N)ncn4)cc3)cc(C(F)(F)F)c2)n1. The standard InChI is InChI=1S/C24H19F3N6O2/c1-14-3-2-4-20(31-14)15-9-16(24(25,26)27)11-18(10-15)33-23(34)32-17-5-7-19(8-6-17)35-22-12-21(28)29-13-30-22/h2-13H,1H3,(H2,28,29,30)(H2,32,33,34). The molecule has 0 saturated heterocycles. The molecule has 11 heteroatoms. The van der Waals surface area contributed by atoms with Crippen LogP contribution in [0, 0.1) is 6.92 Å². The maximum absolute atomic E-state index is 13.5. The third-order valence-electron chi connectivity index (χ3n) is 4.70. The fourth-order valence-corrected chi connectivity index (χ4v) is 3.14. The lowest BCUT2D eigenvalue weighted by molar-refractivity contribution is -0.137. The van der Waals surface area contributed by atoms with Gasteiger partial charge in [0.05, 0.1) is 11.3 Å². The van der Waals surface area contributed by atoms with Crippen molar-refractivity contribution in [2.45, 2.75) is 13.1 Å². The first-order valence-electron chi connectivity index (χ1n) is 10.3. The zero-order valence-electron chi connectivity index (χ0n) is 18.3. The molecule has 4 N–H and O–H groups in total. The van der Waals surface area contributed by atoms with Crippen LogP contribution in [0.5, 0.6) is 11.6 Å². The number of anilines is 3. The highest BCUT2D eigenvalue weighted by Crippen LogP contribution is 2.34. The van der Waals surface area contributed by atoms with Crippen molar-refractivity contribution in [3.8, 4) is 22.9 Å². The zero-order chi connectivity index (χ0) is 25.0. The number of hydrogen-bond acceptors (Lipinski definition) is 6. The second-order valence-corrected chi connectivity index (χ2v) is 7.45. The fraction of sp³-hybridized carbons (Fsp3) is 0.0833. The second kappa shape index (κ2) is 9.67. The third kappa shape index (κ3) is 6.22. The van der Waals surface area contributed by atoms with Crippen LogP contribution >= 0.6 is 0 Å². The number of nitrogens with two attached hydrogens (primary N) is 1. The fourth-order valence-electron chi connectivity index (χ4n) is 3.14. The summed E-state index contributed by atoms with van der Waals surface area (Å²) in [6, 6.07) is 15.4. The molecular weight excluding hydrogens is 461 g/mol. The second-order valence-electron chi connectivity index (χ2n) is 7.45. The van der Waals surface area contributed by atoms with Gasteiger partial charge in [-0.1, -0.05) is 6.07 Å². The van der Waals surface area contributed by atoms with Gasteiger partial charge in [-0.25, -0.2) is 14.8 Å². The number of pyridine rings is 1. The van der Waals surface area contributed by atoms with E-state index in [1.807, 2.05) is 0 Å². The number of rotatable bonds is 5. The molecule has 0 aliphatic carbocycles. The summed E-state index contributed by atoms with van der Waals surface area (Å²) in [6.07, 6.45) is -3.34. The van der Waals surface area contributed by atoms with Crippen molar-refractivity contribution in [1.29, 1.82) is 0 Å². The van der Waals surface area contributed by atoms with E-state index >= 15 is 0 Å². The van der Waals surface area contributed by atoms with Gasteiger partial charge in [0, 0.05) is 28.7 Å². The third-order valence-corrected chi connectivity index (χ3v) is 4.70. The minimum atomic E-state index is -4.60. The molecule has 0 radical (unpaired) electrons. The average Bonchev–Trinajstić information content (AvgIpc) is 2.79. The number of aromatic nitrogens is 3. The van der Waals surface area contributed by atoms with Crippen molar-refractivity contribution in [2.75, 3.05) is 16.4 Å². The van der Waals surface area contributed by atoms with Gasteiger partial charge in [-0.2, -0.15) is 13.2 Å². The van der Waals surface area contributed by atoms with Crippen LogP contribution in [0.3, 0.4) is 0 Å². The van der Waals surface area contributed by atoms with E-state index in [0.29, 0.717) is 22.8 Å².